The number of rotatable bonds is 7. The molecule has 208 valence electrons. The smallest absolute Gasteiger partial charge is 0.304 e. The standard InChI is InChI=1S/C29H27N7O5/c1-36(2)28(39)18-9-6-10-19(14-18)40-27-23-25(32-20(26(38)33-23)13-16-7-4-3-5-8-16)34-29(35-27)41-22-15-17(24(30)31)11-12-21(22)37/h3-12,14-15,20,37H,13H2,1-2H3,(H3,30,31)(H,33,38)(H,32,34,35). The number of ether oxygens (including phenoxy) is 2. The molecule has 0 bridgehead atoms. The van der Waals surface area contributed by atoms with Crippen molar-refractivity contribution in [2.75, 3.05) is 14.1 Å². The van der Waals surface area contributed by atoms with Gasteiger partial charge in [0.2, 0.25) is 5.91 Å². The molecule has 0 fully saturated rings. The molecule has 0 aliphatic carbocycles. The van der Waals surface area contributed by atoms with Crippen molar-refractivity contribution in [3.8, 4) is 17.2 Å². The number of fused-ring (bicyclic) bond motifs is 1. The van der Waals surface area contributed by atoms with Crippen LogP contribution in [-0.4, -0.2) is 59.7 Å². The van der Waals surface area contributed by atoms with Crippen LogP contribution in [0.4, 0.5) is 0 Å². The number of aliphatic imine (C=N–C) groups is 2. The third kappa shape index (κ3) is 6.01. The fourth-order valence-electron chi connectivity index (χ4n) is 4.10. The number of benzene rings is 3. The summed E-state index contributed by atoms with van der Waals surface area (Å²) in [4.78, 5) is 36.0. The molecule has 0 saturated heterocycles. The Labute approximate surface area is 235 Å². The fourth-order valence-corrected chi connectivity index (χ4v) is 4.10. The summed E-state index contributed by atoms with van der Waals surface area (Å²) in [6.45, 7) is 0. The molecule has 12 heteroatoms. The van der Waals surface area contributed by atoms with Gasteiger partial charge in [-0.15, -0.1) is 0 Å². The Hall–Kier alpha value is -5.65. The van der Waals surface area contributed by atoms with E-state index in [1.807, 2.05) is 30.3 Å². The number of aromatic hydroxyl groups is 1. The quantitative estimate of drug-likeness (QED) is 0.220. The van der Waals surface area contributed by atoms with E-state index in [2.05, 4.69) is 20.6 Å². The molecule has 12 nitrogen and oxygen atoms in total. The minimum atomic E-state index is -0.750. The van der Waals surface area contributed by atoms with Gasteiger partial charge >= 0.3 is 6.02 Å². The van der Waals surface area contributed by atoms with Gasteiger partial charge in [-0.1, -0.05) is 36.4 Å². The topological polar surface area (TPSA) is 175 Å². The molecular formula is C29H27N7O5. The molecule has 3 aromatic rings. The Balaban J connectivity index is 1.52. The van der Waals surface area contributed by atoms with Crippen LogP contribution in [0.25, 0.3) is 0 Å². The van der Waals surface area contributed by atoms with Crippen LogP contribution in [0, 0.1) is 5.41 Å². The molecule has 0 saturated carbocycles. The zero-order valence-electron chi connectivity index (χ0n) is 22.2. The van der Waals surface area contributed by atoms with Crippen molar-refractivity contribution >= 4 is 29.5 Å². The number of nitrogen functional groups attached to an aromatic ring is 1. The molecule has 0 spiro atoms. The summed E-state index contributed by atoms with van der Waals surface area (Å²) in [5, 5.41) is 23.8. The van der Waals surface area contributed by atoms with Crippen molar-refractivity contribution in [2.45, 2.75) is 12.5 Å². The number of phenolic OH excluding ortho intramolecular Hbond substituents is 1. The Morgan fingerprint density at radius 3 is 2.54 bits per heavy atom. The van der Waals surface area contributed by atoms with Gasteiger partial charge in [0.25, 0.3) is 11.8 Å². The van der Waals surface area contributed by atoms with Gasteiger partial charge in [-0.3, -0.25) is 25.3 Å². The van der Waals surface area contributed by atoms with Gasteiger partial charge in [0.1, 0.15) is 23.3 Å². The summed E-state index contributed by atoms with van der Waals surface area (Å²) in [7, 11) is 3.29. The van der Waals surface area contributed by atoms with Crippen LogP contribution in [0.2, 0.25) is 0 Å². The van der Waals surface area contributed by atoms with Crippen LogP contribution in [-0.2, 0) is 11.2 Å². The monoisotopic (exact) mass is 553 g/mol. The van der Waals surface area contributed by atoms with E-state index in [-0.39, 0.29) is 58.3 Å². The molecule has 2 aliphatic rings. The van der Waals surface area contributed by atoms with Gasteiger partial charge in [0.05, 0.1) is 0 Å². The number of hydrogen-bond donors (Lipinski definition) is 5. The number of carbonyl (C=O) groups excluding carboxylic acids is 2. The van der Waals surface area contributed by atoms with Crippen LogP contribution in [0.15, 0.2) is 94.4 Å². The maximum absolute atomic E-state index is 13.1. The van der Waals surface area contributed by atoms with Gasteiger partial charge in [-0.2, -0.15) is 4.99 Å². The lowest BCUT2D eigenvalue weighted by Gasteiger charge is -2.28. The molecule has 41 heavy (non-hydrogen) atoms. The lowest BCUT2D eigenvalue weighted by Crippen LogP contribution is -2.51. The molecule has 1 unspecified atom stereocenters. The Morgan fingerprint density at radius 1 is 1.02 bits per heavy atom. The minimum Gasteiger partial charge on any atom is -0.504 e. The predicted molar refractivity (Wildman–Crippen MR) is 152 cm³/mol. The van der Waals surface area contributed by atoms with E-state index in [0.29, 0.717) is 17.5 Å². The molecule has 2 aliphatic heterocycles. The van der Waals surface area contributed by atoms with E-state index in [9.17, 15) is 14.7 Å². The van der Waals surface area contributed by atoms with Gasteiger partial charge in [-0.25, -0.2) is 0 Å². The Morgan fingerprint density at radius 2 is 1.80 bits per heavy atom. The lowest BCUT2D eigenvalue weighted by molar-refractivity contribution is -0.121. The highest BCUT2D eigenvalue weighted by molar-refractivity contribution is 6.14. The molecule has 6 N–H and O–H groups in total. The van der Waals surface area contributed by atoms with Gasteiger partial charge in [0.15, 0.2) is 17.3 Å². The first kappa shape index (κ1) is 26.9. The number of amidine groups is 3. The number of nitrogens with one attached hydrogen (secondary N) is 3. The molecule has 2 amide bonds. The van der Waals surface area contributed by atoms with Crippen molar-refractivity contribution in [1.82, 2.24) is 15.5 Å². The molecule has 5 rings (SSSR count). The third-order valence-electron chi connectivity index (χ3n) is 6.17. The highest BCUT2D eigenvalue weighted by Gasteiger charge is 2.34. The Bertz CT molecular complexity index is 1630. The minimum absolute atomic E-state index is 0.0217. The van der Waals surface area contributed by atoms with E-state index >= 15 is 0 Å². The first-order valence-electron chi connectivity index (χ1n) is 12.6. The average Bonchev–Trinajstić information content (AvgIpc) is 2.95. The number of amides is 2. The average molecular weight is 554 g/mol. The van der Waals surface area contributed by atoms with Crippen LogP contribution >= 0.6 is 0 Å². The van der Waals surface area contributed by atoms with E-state index in [4.69, 9.17) is 20.6 Å². The summed E-state index contributed by atoms with van der Waals surface area (Å²) >= 11 is 0. The van der Waals surface area contributed by atoms with Crippen molar-refractivity contribution in [3.05, 3.63) is 101 Å². The predicted octanol–water partition coefficient (Wildman–Crippen LogP) is 2.10. The third-order valence-corrected chi connectivity index (χ3v) is 6.17. The zero-order valence-corrected chi connectivity index (χ0v) is 22.2. The first-order valence-corrected chi connectivity index (χ1v) is 12.6. The number of nitrogens with two attached hydrogens (primary N) is 1. The molecular weight excluding hydrogens is 526 g/mol. The summed E-state index contributed by atoms with van der Waals surface area (Å²) in [6.07, 6.45) is 0.352. The maximum Gasteiger partial charge on any atom is 0.304 e. The van der Waals surface area contributed by atoms with E-state index < -0.39 is 6.04 Å². The highest BCUT2D eigenvalue weighted by atomic mass is 16.5. The second-order valence-electron chi connectivity index (χ2n) is 9.42. The largest absolute Gasteiger partial charge is 0.504 e. The van der Waals surface area contributed by atoms with Crippen molar-refractivity contribution < 1.29 is 24.2 Å². The summed E-state index contributed by atoms with van der Waals surface area (Å²) in [6, 6.07) is 19.3. The second kappa shape index (κ2) is 11.2. The van der Waals surface area contributed by atoms with Crippen molar-refractivity contribution in [3.63, 3.8) is 0 Å². The number of hydrogen-bond acceptors (Lipinski definition) is 9. The van der Waals surface area contributed by atoms with E-state index in [1.54, 1.807) is 38.4 Å². The van der Waals surface area contributed by atoms with Crippen LogP contribution in [0.1, 0.15) is 21.5 Å². The normalized spacial score (nSPS) is 16.0. The zero-order chi connectivity index (χ0) is 29.1. The van der Waals surface area contributed by atoms with E-state index in [1.165, 1.54) is 23.1 Å². The SMILES string of the molecule is CN(C)C(=O)c1cccc(OC2=C3NC(=O)C(Cc4ccccc4)N=C3NC(Oc3cc(C(=N)N)ccc3O)=N2)c1. The van der Waals surface area contributed by atoms with Gasteiger partial charge in [0, 0.05) is 31.6 Å². The summed E-state index contributed by atoms with van der Waals surface area (Å²) in [5.74, 6) is -0.559. The summed E-state index contributed by atoms with van der Waals surface area (Å²) < 4.78 is 11.9. The van der Waals surface area contributed by atoms with E-state index in [0.717, 1.165) is 5.56 Å². The maximum atomic E-state index is 13.1. The highest BCUT2D eigenvalue weighted by Crippen LogP contribution is 2.29. The first-order chi connectivity index (χ1) is 19.7. The lowest BCUT2D eigenvalue weighted by atomic mass is 10.0. The molecule has 2 heterocycles. The van der Waals surface area contributed by atoms with Crippen molar-refractivity contribution in [2.24, 2.45) is 15.7 Å². The van der Waals surface area contributed by atoms with Crippen LogP contribution < -0.4 is 25.8 Å². The van der Waals surface area contributed by atoms with Crippen molar-refractivity contribution in [1.29, 1.82) is 5.41 Å². The van der Waals surface area contributed by atoms with Crippen LogP contribution in [0.5, 0.6) is 17.2 Å². The second-order valence-corrected chi connectivity index (χ2v) is 9.42. The summed E-state index contributed by atoms with van der Waals surface area (Å²) in [5.41, 5.74) is 7.42. The molecule has 0 aromatic heterocycles. The van der Waals surface area contributed by atoms with Gasteiger partial charge in [-0.05, 0) is 42.0 Å². The molecule has 0 radical (unpaired) electrons. The molecule has 1 atom stereocenters. The fraction of sp³-hybridized carbons (Fsp3) is 0.138. The number of carbonyl (C=O) groups is 2. The molecule has 3 aromatic carbocycles. The van der Waals surface area contributed by atoms with Gasteiger partial charge < -0.3 is 30.5 Å². The number of nitrogens with zero attached hydrogens (tertiary/aromatic N) is 3. The number of phenols is 1. The van der Waals surface area contributed by atoms with Crippen LogP contribution in [0.3, 0.4) is 0 Å². The Kier molecular flexibility index (Phi) is 7.37.